The van der Waals surface area contributed by atoms with E-state index in [0.717, 1.165) is 27.8 Å². The maximum absolute atomic E-state index is 14.8. The smallest absolute Gasteiger partial charge is 0.274 e. The fourth-order valence-electron chi connectivity index (χ4n) is 4.39. The van der Waals surface area contributed by atoms with E-state index in [0.29, 0.717) is 28.3 Å². The standard InChI is InChI=1S/C30H29FN4O4/c1-17-21(19-12-25(31)24(14-32)28(13-19)38-3)6-4-7-22(17)23-8-5-9-26(18(23)2)35-30(37)27-11-10-20(15-34-27)39-16-29(33)36/h4-13,15H,14,16,32H2,1-3H3,(H2,33,36)(H,35,37). The molecule has 3 aromatic carbocycles. The molecule has 0 saturated heterocycles. The number of amides is 2. The van der Waals surface area contributed by atoms with Gasteiger partial charge in [0, 0.05) is 17.8 Å². The molecule has 0 fully saturated rings. The zero-order chi connectivity index (χ0) is 28.1. The minimum absolute atomic E-state index is 0.0365. The first-order valence-corrected chi connectivity index (χ1v) is 12.2. The predicted octanol–water partition coefficient (Wildman–Crippen LogP) is 4.76. The fraction of sp³-hybridized carbons (Fsp3) is 0.167. The summed E-state index contributed by atoms with van der Waals surface area (Å²) in [6.45, 7) is 3.66. The number of primary amides is 1. The van der Waals surface area contributed by atoms with Gasteiger partial charge in [-0.05, 0) is 77.6 Å². The van der Waals surface area contributed by atoms with Crippen LogP contribution in [0, 0.1) is 19.7 Å². The van der Waals surface area contributed by atoms with Gasteiger partial charge in [0.05, 0.1) is 13.3 Å². The molecule has 0 atom stereocenters. The summed E-state index contributed by atoms with van der Waals surface area (Å²) in [5.74, 6) is -0.694. The van der Waals surface area contributed by atoms with Crippen LogP contribution >= 0.6 is 0 Å². The van der Waals surface area contributed by atoms with Crippen molar-refractivity contribution in [1.29, 1.82) is 0 Å². The Labute approximate surface area is 225 Å². The van der Waals surface area contributed by atoms with Crippen molar-refractivity contribution in [3.8, 4) is 33.8 Å². The number of carbonyl (C=O) groups excluding carboxylic acids is 2. The second-order valence-electron chi connectivity index (χ2n) is 8.89. The van der Waals surface area contributed by atoms with Crippen molar-refractivity contribution in [3.63, 3.8) is 0 Å². The van der Waals surface area contributed by atoms with Crippen LogP contribution in [0.25, 0.3) is 22.3 Å². The summed E-state index contributed by atoms with van der Waals surface area (Å²) in [6.07, 6.45) is 1.36. The third-order valence-electron chi connectivity index (χ3n) is 6.45. The number of carbonyl (C=O) groups is 2. The topological polar surface area (TPSA) is 130 Å². The summed E-state index contributed by atoms with van der Waals surface area (Å²) >= 11 is 0. The fourth-order valence-corrected chi connectivity index (χ4v) is 4.39. The van der Waals surface area contributed by atoms with Gasteiger partial charge >= 0.3 is 0 Å². The Morgan fingerprint density at radius 2 is 1.67 bits per heavy atom. The van der Waals surface area contributed by atoms with Crippen molar-refractivity contribution >= 4 is 17.5 Å². The third kappa shape index (κ3) is 5.89. The summed E-state index contributed by atoms with van der Waals surface area (Å²) in [6, 6.07) is 17.8. The number of pyridine rings is 1. The minimum Gasteiger partial charge on any atom is -0.496 e. The van der Waals surface area contributed by atoms with E-state index in [1.54, 1.807) is 12.1 Å². The van der Waals surface area contributed by atoms with Gasteiger partial charge in [0.1, 0.15) is 23.0 Å². The number of aromatic nitrogens is 1. The number of ether oxygens (including phenoxy) is 2. The summed E-state index contributed by atoms with van der Waals surface area (Å²) in [4.78, 5) is 27.9. The Balaban J connectivity index is 1.63. The molecule has 1 heterocycles. The van der Waals surface area contributed by atoms with Crippen LogP contribution in [-0.4, -0.2) is 30.5 Å². The van der Waals surface area contributed by atoms with Crippen LogP contribution < -0.4 is 26.3 Å². The second kappa shape index (κ2) is 11.7. The molecular formula is C30H29FN4O4. The number of nitrogens with one attached hydrogen (secondary N) is 1. The molecule has 0 aliphatic carbocycles. The van der Waals surface area contributed by atoms with Gasteiger partial charge in [0.2, 0.25) is 0 Å². The van der Waals surface area contributed by atoms with Gasteiger partial charge < -0.3 is 26.3 Å². The lowest BCUT2D eigenvalue weighted by Crippen LogP contribution is -2.20. The van der Waals surface area contributed by atoms with Gasteiger partial charge in [0.15, 0.2) is 6.61 Å². The van der Waals surface area contributed by atoms with E-state index in [4.69, 9.17) is 20.9 Å². The average Bonchev–Trinajstić information content (AvgIpc) is 2.93. The highest BCUT2D eigenvalue weighted by Gasteiger charge is 2.17. The van der Waals surface area contributed by atoms with Crippen LogP contribution in [0.4, 0.5) is 10.1 Å². The van der Waals surface area contributed by atoms with Crippen molar-refractivity contribution in [2.75, 3.05) is 19.0 Å². The van der Waals surface area contributed by atoms with Crippen LogP contribution in [0.3, 0.4) is 0 Å². The Morgan fingerprint density at radius 3 is 2.31 bits per heavy atom. The lowest BCUT2D eigenvalue weighted by molar-refractivity contribution is -0.119. The molecule has 0 aliphatic rings. The van der Waals surface area contributed by atoms with Crippen molar-refractivity contribution in [3.05, 3.63) is 95.1 Å². The summed E-state index contributed by atoms with van der Waals surface area (Å²) in [7, 11) is 1.49. The van der Waals surface area contributed by atoms with Crippen LogP contribution in [0.15, 0.2) is 66.9 Å². The zero-order valence-electron chi connectivity index (χ0n) is 21.9. The molecule has 1 aromatic heterocycles. The molecule has 0 saturated carbocycles. The Morgan fingerprint density at radius 1 is 0.974 bits per heavy atom. The first kappa shape index (κ1) is 27.3. The molecule has 200 valence electrons. The quantitative estimate of drug-likeness (QED) is 0.287. The Hall–Kier alpha value is -4.76. The normalized spacial score (nSPS) is 10.7. The number of anilines is 1. The SMILES string of the molecule is COc1cc(-c2cccc(-c3cccc(NC(=O)c4ccc(OCC(N)=O)cn4)c3C)c2C)cc(F)c1CN. The van der Waals surface area contributed by atoms with E-state index in [1.807, 2.05) is 50.2 Å². The molecule has 0 radical (unpaired) electrons. The molecule has 4 rings (SSSR count). The first-order chi connectivity index (χ1) is 18.7. The third-order valence-corrected chi connectivity index (χ3v) is 6.45. The van der Waals surface area contributed by atoms with Crippen LogP contribution in [0.1, 0.15) is 27.2 Å². The van der Waals surface area contributed by atoms with Crippen molar-refractivity contribution in [2.45, 2.75) is 20.4 Å². The maximum Gasteiger partial charge on any atom is 0.274 e. The largest absolute Gasteiger partial charge is 0.496 e. The van der Waals surface area contributed by atoms with E-state index in [-0.39, 0.29) is 18.8 Å². The molecule has 0 spiro atoms. The summed E-state index contributed by atoms with van der Waals surface area (Å²) in [5, 5.41) is 2.91. The lowest BCUT2D eigenvalue weighted by atomic mass is 9.90. The number of hydrogen-bond donors (Lipinski definition) is 3. The molecule has 0 aliphatic heterocycles. The molecule has 2 amide bonds. The average molecular weight is 529 g/mol. The van der Waals surface area contributed by atoms with E-state index in [2.05, 4.69) is 10.3 Å². The molecule has 9 heteroatoms. The highest BCUT2D eigenvalue weighted by atomic mass is 19.1. The van der Waals surface area contributed by atoms with Crippen molar-refractivity contribution < 1.29 is 23.5 Å². The Bertz CT molecular complexity index is 1540. The highest BCUT2D eigenvalue weighted by molar-refractivity contribution is 6.04. The lowest BCUT2D eigenvalue weighted by Gasteiger charge is -2.17. The molecule has 4 aromatic rings. The zero-order valence-corrected chi connectivity index (χ0v) is 21.9. The van der Waals surface area contributed by atoms with Gasteiger partial charge in [-0.1, -0.05) is 30.3 Å². The number of methoxy groups -OCH3 is 1. The van der Waals surface area contributed by atoms with E-state index in [9.17, 15) is 14.0 Å². The highest BCUT2D eigenvalue weighted by Crippen LogP contribution is 2.37. The van der Waals surface area contributed by atoms with Gasteiger partial charge in [-0.2, -0.15) is 0 Å². The van der Waals surface area contributed by atoms with Crippen LogP contribution in [0.5, 0.6) is 11.5 Å². The van der Waals surface area contributed by atoms with E-state index >= 15 is 0 Å². The van der Waals surface area contributed by atoms with Gasteiger partial charge in [-0.15, -0.1) is 0 Å². The number of halogens is 1. The summed E-state index contributed by atoms with van der Waals surface area (Å²) < 4.78 is 25.3. The minimum atomic E-state index is -0.607. The first-order valence-electron chi connectivity index (χ1n) is 12.2. The van der Waals surface area contributed by atoms with E-state index < -0.39 is 17.6 Å². The molecule has 8 nitrogen and oxygen atoms in total. The van der Waals surface area contributed by atoms with E-state index in [1.165, 1.54) is 25.4 Å². The maximum atomic E-state index is 14.8. The molecule has 39 heavy (non-hydrogen) atoms. The summed E-state index contributed by atoms with van der Waals surface area (Å²) in [5.41, 5.74) is 17.1. The van der Waals surface area contributed by atoms with Gasteiger partial charge in [-0.25, -0.2) is 9.37 Å². The Kier molecular flexibility index (Phi) is 8.21. The molecule has 0 unspecified atom stereocenters. The van der Waals surface area contributed by atoms with Crippen LogP contribution in [-0.2, 0) is 11.3 Å². The van der Waals surface area contributed by atoms with Gasteiger partial charge in [-0.3, -0.25) is 9.59 Å². The molecule has 5 N–H and O–H groups in total. The van der Waals surface area contributed by atoms with Gasteiger partial charge in [0.25, 0.3) is 11.8 Å². The number of hydrogen-bond acceptors (Lipinski definition) is 6. The molecule has 0 bridgehead atoms. The second-order valence-corrected chi connectivity index (χ2v) is 8.89. The monoisotopic (exact) mass is 528 g/mol. The number of nitrogens with zero attached hydrogens (tertiary/aromatic N) is 1. The molecular weight excluding hydrogens is 499 g/mol. The number of benzene rings is 3. The van der Waals surface area contributed by atoms with Crippen LogP contribution in [0.2, 0.25) is 0 Å². The predicted molar refractivity (Wildman–Crippen MR) is 148 cm³/mol. The van der Waals surface area contributed by atoms with Crippen molar-refractivity contribution in [2.24, 2.45) is 11.5 Å². The number of nitrogens with two attached hydrogens (primary N) is 2. The van der Waals surface area contributed by atoms with Crippen molar-refractivity contribution in [1.82, 2.24) is 4.98 Å². The number of rotatable bonds is 9.